The number of hydrogen-bond acceptors (Lipinski definition) is 4. The van der Waals surface area contributed by atoms with Crippen molar-refractivity contribution in [3.05, 3.63) is 60.9 Å². The maximum Gasteiger partial charge on any atom is 0.159 e. The molecule has 36 heavy (non-hydrogen) atoms. The summed E-state index contributed by atoms with van der Waals surface area (Å²) in [5.41, 5.74) is 2.90. The highest BCUT2D eigenvalue weighted by atomic mass is 19.1. The number of unbranched alkanes of at least 4 members (excludes halogenated alkanes) is 6. The smallest absolute Gasteiger partial charge is 0.159 e. The fourth-order valence-corrected chi connectivity index (χ4v) is 3.92. The van der Waals surface area contributed by atoms with Gasteiger partial charge in [-0.05, 0) is 54.3 Å². The molecule has 3 aromatic rings. The van der Waals surface area contributed by atoms with Gasteiger partial charge in [-0.3, -0.25) is 0 Å². The topological polar surface area (TPSA) is 44.2 Å². The third-order valence-electron chi connectivity index (χ3n) is 6.64. The van der Waals surface area contributed by atoms with Crippen LogP contribution in [0.3, 0.4) is 0 Å². The zero-order valence-corrected chi connectivity index (χ0v) is 22.1. The number of alkyl halides is 1. The van der Waals surface area contributed by atoms with Crippen LogP contribution in [-0.4, -0.2) is 29.4 Å². The van der Waals surface area contributed by atoms with E-state index in [1.807, 2.05) is 74.8 Å². The van der Waals surface area contributed by atoms with Crippen LogP contribution in [0.1, 0.15) is 72.1 Å². The molecule has 1 aromatic heterocycles. The van der Waals surface area contributed by atoms with Gasteiger partial charge in [-0.1, -0.05) is 77.8 Å². The van der Waals surface area contributed by atoms with Crippen molar-refractivity contribution in [2.75, 3.05) is 13.2 Å². The summed E-state index contributed by atoms with van der Waals surface area (Å²) < 4.78 is 25.5. The SMILES string of the molecule is CCCCCCCCCOc1ccc(-c2cnc(-c3ccc(OCC(F)C(C)CC)cc3)nc2)cc1. The van der Waals surface area contributed by atoms with Crippen LogP contribution in [0.25, 0.3) is 22.5 Å². The van der Waals surface area contributed by atoms with E-state index in [0.717, 1.165) is 41.9 Å². The van der Waals surface area contributed by atoms with Gasteiger partial charge in [-0.15, -0.1) is 0 Å². The Hall–Kier alpha value is -2.95. The normalized spacial score (nSPS) is 12.8. The predicted molar refractivity (Wildman–Crippen MR) is 146 cm³/mol. The molecule has 0 radical (unpaired) electrons. The molecule has 0 fully saturated rings. The first-order valence-corrected chi connectivity index (χ1v) is 13.5. The summed E-state index contributed by atoms with van der Waals surface area (Å²) in [4.78, 5) is 9.08. The lowest BCUT2D eigenvalue weighted by atomic mass is 10.0. The van der Waals surface area contributed by atoms with Crippen LogP contribution in [0.2, 0.25) is 0 Å². The molecular formula is C31H41FN2O2. The summed E-state index contributed by atoms with van der Waals surface area (Å²) in [7, 11) is 0. The Morgan fingerprint density at radius 1 is 0.694 bits per heavy atom. The summed E-state index contributed by atoms with van der Waals surface area (Å²) in [5, 5.41) is 0. The number of halogens is 1. The number of ether oxygens (including phenoxy) is 2. The van der Waals surface area contributed by atoms with Crippen LogP contribution >= 0.6 is 0 Å². The molecule has 0 saturated carbocycles. The monoisotopic (exact) mass is 492 g/mol. The average molecular weight is 493 g/mol. The quantitative estimate of drug-likeness (QED) is 0.188. The lowest BCUT2D eigenvalue weighted by Gasteiger charge is -2.15. The molecule has 0 aliphatic carbocycles. The maximum atomic E-state index is 14.0. The third-order valence-corrected chi connectivity index (χ3v) is 6.64. The summed E-state index contributed by atoms with van der Waals surface area (Å²) in [6.45, 7) is 6.97. The minimum Gasteiger partial charge on any atom is -0.494 e. The van der Waals surface area contributed by atoms with E-state index in [0.29, 0.717) is 11.6 Å². The van der Waals surface area contributed by atoms with Crippen molar-refractivity contribution in [1.82, 2.24) is 9.97 Å². The highest BCUT2D eigenvalue weighted by molar-refractivity contribution is 5.64. The molecule has 0 N–H and O–H groups in total. The summed E-state index contributed by atoms with van der Waals surface area (Å²) in [6.07, 6.45) is 12.5. The molecule has 0 spiro atoms. The molecule has 0 saturated heterocycles. The molecule has 194 valence electrons. The first-order chi connectivity index (χ1) is 17.6. The number of hydrogen-bond donors (Lipinski definition) is 0. The Bertz CT molecular complexity index is 991. The zero-order valence-electron chi connectivity index (χ0n) is 22.1. The van der Waals surface area contributed by atoms with Crippen LogP contribution in [-0.2, 0) is 0 Å². The van der Waals surface area contributed by atoms with Gasteiger partial charge in [0.1, 0.15) is 24.3 Å². The second kappa shape index (κ2) is 15.2. The second-order valence-electron chi connectivity index (χ2n) is 9.53. The van der Waals surface area contributed by atoms with Gasteiger partial charge in [0.25, 0.3) is 0 Å². The molecule has 2 atom stereocenters. The van der Waals surface area contributed by atoms with E-state index in [1.165, 1.54) is 38.5 Å². The van der Waals surface area contributed by atoms with E-state index in [-0.39, 0.29) is 12.5 Å². The molecule has 2 unspecified atom stereocenters. The van der Waals surface area contributed by atoms with E-state index in [4.69, 9.17) is 9.47 Å². The van der Waals surface area contributed by atoms with Crippen molar-refractivity contribution >= 4 is 0 Å². The van der Waals surface area contributed by atoms with Crippen molar-refractivity contribution < 1.29 is 13.9 Å². The van der Waals surface area contributed by atoms with E-state index in [9.17, 15) is 4.39 Å². The fourth-order valence-electron chi connectivity index (χ4n) is 3.92. The second-order valence-corrected chi connectivity index (χ2v) is 9.53. The molecule has 0 amide bonds. The van der Waals surface area contributed by atoms with Gasteiger partial charge in [-0.25, -0.2) is 14.4 Å². The maximum absolute atomic E-state index is 14.0. The first-order valence-electron chi connectivity index (χ1n) is 13.5. The Balaban J connectivity index is 1.46. The van der Waals surface area contributed by atoms with Gasteiger partial charge in [-0.2, -0.15) is 0 Å². The number of benzene rings is 2. The summed E-state index contributed by atoms with van der Waals surface area (Å²) in [5.74, 6) is 2.18. The molecule has 2 aromatic carbocycles. The van der Waals surface area contributed by atoms with Crippen molar-refractivity contribution in [2.45, 2.75) is 78.3 Å². The zero-order chi connectivity index (χ0) is 25.6. The average Bonchev–Trinajstić information content (AvgIpc) is 2.93. The molecule has 4 nitrogen and oxygen atoms in total. The number of aromatic nitrogens is 2. The van der Waals surface area contributed by atoms with E-state index in [2.05, 4.69) is 16.9 Å². The van der Waals surface area contributed by atoms with Crippen molar-refractivity contribution in [3.63, 3.8) is 0 Å². The molecule has 0 aliphatic rings. The lowest BCUT2D eigenvalue weighted by Crippen LogP contribution is -2.20. The molecule has 1 heterocycles. The molecular weight excluding hydrogens is 451 g/mol. The van der Waals surface area contributed by atoms with Crippen molar-refractivity contribution in [3.8, 4) is 34.0 Å². The predicted octanol–water partition coefficient (Wildman–Crippen LogP) is 8.70. The Morgan fingerprint density at radius 3 is 1.86 bits per heavy atom. The van der Waals surface area contributed by atoms with Crippen LogP contribution in [0, 0.1) is 5.92 Å². The van der Waals surface area contributed by atoms with Gasteiger partial charge >= 0.3 is 0 Å². The minimum atomic E-state index is -0.962. The van der Waals surface area contributed by atoms with Crippen LogP contribution < -0.4 is 9.47 Å². The largest absolute Gasteiger partial charge is 0.494 e. The lowest BCUT2D eigenvalue weighted by molar-refractivity contribution is 0.145. The van der Waals surface area contributed by atoms with Crippen LogP contribution in [0.4, 0.5) is 4.39 Å². The van der Waals surface area contributed by atoms with E-state index < -0.39 is 6.17 Å². The number of rotatable bonds is 16. The minimum absolute atomic E-state index is 0.00479. The van der Waals surface area contributed by atoms with Crippen LogP contribution in [0.15, 0.2) is 60.9 Å². The Morgan fingerprint density at radius 2 is 1.25 bits per heavy atom. The van der Waals surface area contributed by atoms with E-state index >= 15 is 0 Å². The Labute approximate surface area is 216 Å². The van der Waals surface area contributed by atoms with Gasteiger partial charge in [0.05, 0.1) is 6.61 Å². The van der Waals surface area contributed by atoms with Gasteiger partial charge in [0, 0.05) is 23.5 Å². The van der Waals surface area contributed by atoms with Crippen LogP contribution in [0.5, 0.6) is 11.5 Å². The van der Waals surface area contributed by atoms with Gasteiger partial charge in [0.2, 0.25) is 0 Å². The van der Waals surface area contributed by atoms with Crippen molar-refractivity contribution in [2.24, 2.45) is 5.92 Å². The highest BCUT2D eigenvalue weighted by Gasteiger charge is 2.15. The molecule has 0 aliphatic heterocycles. The number of nitrogens with zero attached hydrogens (tertiary/aromatic N) is 2. The fraction of sp³-hybridized carbons (Fsp3) is 0.484. The summed E-state index contributed by atoms with van der Waals surface area (Å²) in [6, 6.07) is 15.6. The standard InChI is InChI=1S/C31H41FN2O2/c1-4-6-7-8-9-10-11-20-35-28-16-12-25(13-17-28)27-21-33-31(34-22-27)26-14-18-29(19-15-26)36-23-30(32)24(3)5-2/h12-19,21-22,24,30H,4-11,20,23H2,1-3H3. The first kappa shape index (κ1) is 27.6. The highest BCUT2D eigenvalue weighted by Crippen LogP contribution is 2.24. The molecule has 5 heteroatoms. The molecule has 0 bridgehead atoms. The summed E-state index contributed by atoms with van der Waals surface area (Å²) >= 11 is 0. The van der Waals surface area contributed by atoms with Gasteiger partial charge in [0.15, 0.2) is 5.82 Å². The van der Waals surface area contributed by atoms with Crippen molar-refractivity contribution in [1.29, 1.82) is 0 Å². The Kier molecular flexibility index (Phi) is 11.7. The van der Waals surface area contributed by atoms with E-state index in [1.54, 1.807) is 0 Å². The third kappa shape index (κ3) is 8.92. The molecule has 3 rings (SSSR count). The van der Waals surface area contributed by atoms with Gasteiger partial charge < -0.3 is 9.47 Å².